The number of nitrogens with zero attached hydrogens (tertiary/aromatic N) is 3. The zero-order chi connectivity index (χ0) is 15.6. The van der Waals surface area contributed by atoms with Crippen molar-refractivity contribution in [3.63, 3.8) is 0 Å². The van der Waals surface area contributed by atoms with Crippen LogP contribution in [-0.4, -0.2) is 15.7 Å². The van der Waals surface area contributed by atoms with Crippen LogP contribution in [0.3, 0.4) is 0 Å². The summed E-state index contributed by atoms with van der Waals surface area (Å²) in [6.45, 7) is 5.60. The van der Waals surface area contributed by atoms with Gasteiger partial charge in [-0.25, -0.2) is 15.4 Å². The molecular weight excluding hydrogens is 331 g/mol. The first-order valence-corrected chi connectivity index (χ1v) is 7.28. The average Bonchev–Trinajstić information content (AvgIpc) is 2.41. The predicted molar refractivity (Wildman–Crippen MR) is 88.8 cm³/mol. The molecule has 1 aromatic carbocycles. The summed E-state index contributed by atoms with van der Waals surface area (Å²) in [5.41, 5.74) is 5.90. The van der Waals surface area contributed by atoms with E-state index in [0.29, 0.717) is 32.3 Å². The molecule has 0 aliphatic heterocycles. The third kappa shape index (κ3) is 3.84. The fourth-order valence-electron chi connectivity index (χ4n) is 1.78. The monoisotopic (exact) mass is 342 g/mol. The molecule has 0 aliphatic rings. The van der Waals surface area contributed by atoms with Gasteiger partial charge in [-0.2, -0.15) is 5.10 Å². The Kier molecular flexibility index (Phi) is 5.04. The van der Waals surface area contributed by atoms with Crippen LogP contribution in [0.5, 0.6) is 0 Å². The normalized spacial score (nSPS) is 11.6. The summed E-state index contributed by atoms with van der Waals surface area (Å²) in [6.07, 6.45) is 0. The van der Waals surface area contributed by atoms with Gasteiger partial charge in [0.15, 0.2) is 0 Å². The Morgan fingerprint density at radius 1 is 1.05 bits per heavy atom. The van der Waals surface area contributed by atoms with E-state index in [9.17, 15) is 0 Å². The maximum absolute atomic E-state index is 6.17. The van der Waals surface area contributed by atoms with Gasteiger partial charge in [0.1, 0.15) is 0 Å². The fourth-order valence-corrected chi connectivity index (χ4v) is 2.45. The first kappa shape index (κ1) is 16.0. The molecule has 0 unspecified atom stereocenters. The molecule has 0 radical (unpaired) electrons. The number of aryl methyl sites for hydroxylation is 2. The summed E-state index contributed by atoms with van der Waals surface area (Å²) in [7, 11) is 0. The summed E-state index contributed by atoms with van der Waals surface area (Å²) in [5.74, 6) is 0.433. The van der Waals surface area contributed by atoms with Gasteiger partial charge in [-0.3, -0.25) is 0 Å². The van der Waals surface area contributed by atoms with Crippen LogP contribution in [0.1, 0.15) is 23.9 Å². The van der Waals surface area contributed by atoms with E-state index in [1.165, 1.54) is 0 Å². The second-order valence-corrected chi connectivity index (χ2v) is 5.67. The lowest BCUT2D eigenvalue weighted by Crippen LogP contribution is -2.04. The second-order valence-electron chi connectivity index (χ2n) is 4.51. The van der Waals surface area contributed by atoms with Crippen LogP contribution in [0, 0.1) is 13.8 Å². The molecule has 4 nitrogen and oxygen atoms in total. The van der Waals surface area contributed by atoms with Crippen molar-refractivity contribution in [3.8, 4) is 0 Å². The standard InChI is InChI=1S/C14H13Cl3N4/c1-7-6-8(2)19-14(18-7)21-20-9(3)10-4-5-11(15)13(17)12(10)16/h4-6H,1-3H3,(H,18,19,21)/b20-9+. The van der Waals surface area contributed by atoms with Crippen LogP contribution in [0.25, 0.3) is 0 Å². The van der Waals surface area contributed by atoms with Crippen LogP contribution in [-0.2, 0) is 0 Å². The van der Waals surface area contributed by atoms with Crippen LogP contribution in [0.15, 0.2) is 23.3 Å². The van der Waals surface area contributed by atoms with Crippen molar-refractivity contribution < 1.29 is 0 Å². The van der Waals surface area contributed by atoms with Gasteiger partial charge < -0.3 is 0 Å². The summed E-state index contributed by atoms with van der Waals surface area (Å²) in [6, 6.07) is 5.33. The van der Waals surface area contributed by atoms with Gasteiger partial charge >= 0.3 is 0 Å². The van der Waals surface area contributed by atoms with Gasteiger partial charge in [-0.1, -0.05) is 40.9 Å². The lowest BCUT2D eigenvalue weighted by atomic mass is 10.1. The minimum absolute atomic E-state index is 0.313. The number of hydrazone groups is 1. The van der Waals surface area contributed by atoms with Crippen molar-refractivity contribution >= 4 is 46.5 Å². The molecule has 1 aromatic heterocycles. The van der Waals surface area contributed by atoms with Crippen LogP contribution >= 0.6 is 34.8 Å². The zero-order valence-electron chi connectivity index (χ0n) is 11.7. The Bertz CT molecular complexity index is 693. The lowest BCUT2D eigenvalue weighted by molar-refractivity contribution is 1.03. The summed E-state index contributed by atoms with van der Waals surface area (Å²) < 4.78 is 0. The number of hydrogen-bond acceptors (Lipinski definition) is 4. The molecule has 0 saturated carbocycles. The molecule has 2 aromatic rings. The van der Waals surface area contributed by atoms with E-state index in [4.69, 9.17) is 34.8 Å². The highest BCUT2D eigenvalue weighted by Gasteiger charge is 2.11. The molecule has 110 valence electrons. The van der Waals surface area contributed by atoms with Gasteiger partial charge in [-0.15, -0.1) is 0 Å². The van der Waals surface area contributed by atoms with Crippen molar-refractivity contribution in [2.75, 3.05) is 5.43 Å². The van der Waals surface area contributed by atoms with Crippen LogP contribution in [0.4, 0.5) is 5.95 Å². The lowest BCUT2D eigenvalue weighted by Gasteiger charge is -2.07. The maximum atomic E-state index is 6.17. The van der Waals surface area contributed by atoms with Crippen LogP contribution in [0.2, 0.25) is 15.1 Å². The van der Waals surface area contributed by atoms with Gasteiger partial charge in [0, 0.05) is 17.0 Å². The van der Waals surface area contributed by atoms with E-state index in [-0.39, 0.29) is 0 Å². The van der Waals surface area contributed by atoms with Gasteiger partial charge in [0.25, 0.3) is 0 Å². The Labute approximate surface area is 138 Å². The van der Waals surface area contributed by atoms with E-state index >= 15 is 0 Å². The molecule has 2 rings (SSSR count). The van der Waals surface area contributed by atoms with Gasteiger partial charge in [0.05, 0.1) is 20.8 Å². The highest BCUT2D eigenvalue weighted by molar-refractivity contribution is 6.49. The number of halogens is 3. The third-order valence-electron chi connectivity index (χ3n) is 2.73. The molecule has 0 fully saturated rings. The minimum Gasteiger partial charge on any atom is -0.245 e. The van der Waals surface area contributed by atoms with E-state index in [0.717, 1.165) is 11.4 Å². The molecule has 0 amide bonds. The highest BCUT2D eigenvalue weighted by atomic mass is 35.5. The van der Waals surface area contributed by atoms with Gasteiger partial charge in [-0.05, 0) is 32.9 Å². The summed E-state index contributed by atoms with van der Waals surface area (Å²) >= 11 is 18.1. The Morgan fingerprint density at radius 2 is 1.67 bits per heavy atom. The molecule has 0 saturated heterocycles. The van der Waals surface area contributed by atoms with Crippen LogP contribution < -0.4 is 5.43 Å². The molecule has 1 N–H and O–H groups in total. The molecule has 1 heterocycles. The van der Waals surface area contributed by atoms with E-state index in [2.05, 4.69) is 20.5 Å². The fraction of sp³-hybridized carbons (Fsp3) is 0.214. The molecule has 0 spiro atoms. The molecule has 0 atom stereocenters. The highest BCUT2D eigenvalue weighted by Crippen LogP contribution is 2.32. The largest absolute Gasteiger partial charge is 0.245 e. The molecule has 0 aliphatic carbocycles. The summed E-state index contributed by atoms with van der Waals surface area (Å²) in [4.78, 5) is 8.49. The molecule has 7 heteroatoms. The average molecular weight is 344 g/mol. The number of hydrogen-bond donors (Lipinski definition) is 1. The Hall–Kier alpha value is -1.36. The molecule has 21 heavy (non-hydrogen) atoms. The first-order chi connectivity index (χ1) is 9.88. The topological polar surface area (TPSA) is 50.2 Å². The third-order valence-corrected chi connectivity index (χ3v) is 4.02. The van der Waals surface area contributed by atoms with E-state index in [1.54, 1.807) is 19.1 Å². The number of aromatic nitrogens is 2. The van der Waals surface area contributed by atoms with Crippen molar-refractivity contribution in [2.45, 2.75) is 20.8 Å². The van der Waals surface area contributed by atoms with Crippen molar-refractivity contribution in [1.29, 1.82) is 0 Å². The number of nitrogens with one attached hydrogen (secondary N) is 1. The van der Waals surface area contributed by atoms with Crippen molar-refractivity contribution in [3.05, 3.63) is 50.2 Å². The van der Waals surface area contributed by atoms with E-state index < -0.39 is 0 Å². The minimum atomic E-state index is 0.313. The second kappa shape index (κ2) is 6.60. The van der Waals surface area contributed by atoms with E-state index in [1.807, 2.05) is 19.9 Å². The zero-order valence-corrected chi connectivity index (χ0v) is 14.0. The quantitative estimate of drug-likeness (QED) is 0.490. The Balaban J connectivity index is 2.27. The summed E-state index contributed by atoms with van der Waals surface area (Å²) in [5, 5.41) is 5.32. The number of benzene rings is 1. The number of rotatable bonds is 3. The maximum Gasteiger partial charge on any atom is 0.243 e. The number of anilines is 1. The first-order valence-electron chi connectivity index (χ1n) is 6.15. The van der Waals surface area contributed by atoms with Crippen molar-refractivity contribution in [2.24, 2.45) is 5.10 Å². The Morgan fingerprint density at radius 3 is 2.29 bits per heavy atom. The SMILES string of the molecule is C/C(=N\Nc1nc(C)cc(C)n1)c1ccc(Cl)c(Cl)c1Cl. The van der Waals surface area contributed by atoms with Crippen molar-refractivity contribution in [1.82, 2.24) is 9.97 Å². The van der Waals surface area contributed by atoms with Gasteiger partial charge in [0.2, 0.25) is 5.95 Å². The predicted octanol–water partition coefficient (Wildman–Crippen LogP) is 4.89. The smallest absolute Gasteiger partial charge is 0.243 e. The molecular formula is C14H13Cl3N4. The molecule has 0 bridgehead atoms.